The van der Waals surface area contributed by atoms with E-state index in [1.165, 1.54) is 12.0 Å². The first-order valence-electron chi connectivity index (χ1n) is 9.55. The van der Waals surface area contributed by atoms with Gasteiger partial charge in [-0.3, -0.25) is 9.59 Å². The zero-order chi connectivity index (χ0) is 18.4. The summed E-state index contributed by atoms with van der Waals surface area (Å²) in [4.78, 5) is 31.1. The van der Waals surface area contributed by atoms with Gasteiger partial charge in [0.1, 0.15) is 6.61 Å². The normalized spacial score (nSPS) is 20.0. The Morgan fingerprint density at radius 3 is 2.74 bits per heavy atom. The number of hydrogen-bond acceptors (Lipinski definition) is 4. The molecule has 1 saturated heterocycles. The molecule has 0 bridgehead atoms. The van der Waals surface area contributed by atoms with Crippen molar-refractivity contribution in [3.8, 4) is 5.88 Å². The van der Waals surface area contributed by atoms with Crippen molar-refractivity contribution in [2.45, 2.75) is 44.1 Å². The van der Waals surface area contributed by atoms with E-state index in [-0.39, 0.29) is 17.5 Å². The molecule has 3 aromatic rings. The molecule has 1 aliphatic heterocycles. The summed E-state index contributed by atoms with van der Waals surface area (Å²) in [6.45, 7) is 0.404. The Morgan fingerprint density at radius 1 is 1.11 bits per heavy atom. The highest BCUT2D eigenvalue weighted by atomic mass is 16.5. The van der Waals surface area contributed by atoms with E-state index >= 15 is 0 Å². The second-order valence-corrected chi connectivity index (χ2v) is 7.55. The summed E-state index contributed by atoms with van der Waals surface area (Å²) in [5.74, 6) is 1.14. The lowest BCUT2D eigenvalue weighted by Crippen LogP contribution is -2.31. The third-order valence-corrected chi connectivity index (χ3v) is 5.83. The monoisotopic (exact) mass is 363 g/mol. The highest BCUT2D eigenvalue weighted by Gasteiger charge is 2.24. The van der Waals surface area contributed by atoms with Crippen LogP contribution in [0.5, 0.6) is 5.88 Å². The first kappa shape index (κ1) is 16.3. The number of ether oxygens (including phenoxy) is 1. The van der Waals surface area contributed by atoms with Crippen LogP contribution in [-0.2, 0) is 4.79 Å². The Balaban J connectivity index is 1.58. The summed E-state index contributed by atoms with van der Waals surface area (Å²) >= 11 is 0. The minimum absolute atomic E-state index is 0.0309. The smallest absolute Gasteiger partial charge is 0.255 e. The molecule has 0 radical (unpaired) electrons. The fourth-order valence-corrected chi connectivity index (χ4v) is 4.07. The van der Waals surface area contributed by atoms with E-state index in [4.69, 9.17) is 4.74 Å². The van der Waals surface area contributed by atoms with Crippen LogP contribution in [0.25, 0.3) is 21.5 Å². The molecule has 2 fully saturated rings. The lowest BCUT2D eigenvalue weighted by atomic mass is 9.79. The molecule has 2 aliphatic rings. The number of carbonyl (C=O) groups is 1. The van der Waals surface area contributed by atoms with Crippen molar-refractivity contribution in [1.29, 1.82) is 0 Å². The summed E-state index contributed by atoms with van der Waals surface area (Å²) in [6, 6.07) is 5.90. The molecule has 1 atom stereocenters. The Bertz CT molecular complexity index is 1100. The van der Waals surface area contributed by atoms with Gasteiger partial charge < -0.3 is 15.0 Å². The van der Waals surface area contributed by atoms with Crippen LogP contribution in [0.3, 0.4) is 0 Å². The second kappa shape index (κ2) is 6.37. The predicted molar refractivity (Wildman–Crippen MR) is 103 cm³/mol. The van der Waals surface area contributed by atoms with Crippen LogP contribution in [0.2, 0.25) is 0 Å². The molecule has 138 valence electrons. The molecule has 1 amide bonds. The molecule has 1 aliphatic carbocycles. The molecule has 6 nitrogen and oxygen atoms in total. The molecule has 27 heavy (non-hydrogen) atoms. The van der Waals surface area contributed by atoms with Crippen LogP contribution < -0.4 is 15.6 Å². The first-order valence-corrected chi connectivity index (χ1v) is 9.55. The topological polar surface area (TPSA) is 84.1 Å². The summed E-state index contributed by atoms with van der Waals surface area (Å²) in [7, 11) is 0. The van der Waals surface area contributed by atoms with Crippen LogP contribution in [0, 0.1) is 0 Å². The van der Waals surface area contributed by atoms with Gasteiger partial charge in [-0.2, -0.15) is 0 Å². The van der Waals surface area contributed by atoms with Crippen LogP contribution in [0.4, 0.5) is 0 Å². The Hall–Kier alpha value is -2.89. The number of pyridine rings is 2. The zero-order valence-electron chi connectivity index (χ0n) is 15.0. The number of H-pyrrole nitrogens is 1. The van der Waals surface area contributed by atoms with E-state index in [2.05, 4.69) is 15.3 Å². The molecular weight excluding hydrogens is 342 g/mol. The SMILES string of the molecule is O=C1CC[C@@H](COc2nccc3cc4c(=O)[nH]cc(C5CCC5)c4cc23)N1. The molecule has 0 unspecified atom stereocenters. The van der Waals surface area contributed by atoms with Crippen molar-refractivity contribution in [3.05, 3.63) is 46.5 Å². The predicted octanol–water partition coefficient (Wildman–Crippen LogP) is 3.00. The molecule has 6 heteroatoms. The molecular formula is C21H21N3O3. The van der Waals surface area contributed by atoms with Crippen molar-refractivity contribution < 1.29 is 9.53 Å². The van der Waals surface area contributed by atoms with E-state index in [0.717, 1.165) is 35.4 Å². The first-order chi connectivity index (χ1) is 13.2. The van der Waals surface area contributed by atoms with Gasteiger partial charge in [0.25, 0.3) is 5.56 Å². The van der Waals surface area contributed by atoms with Gasteiger partial charge in [0.05, 0.1) is 6.04 Å². The maximum atomic E-state index is 12.4. The fourth-order valence-electron chi connectivity index (χ4n) is 4.07. The van der Waals surface area contributed by atoms with Crippen molar-refractivity contribution in [2.24, 2.45) is 0 Å². The van der Waals surface area contributed by atoms with Crippen LogP contribution >= 0.6 is 0 Å². The van der Waals surface area contributed by atoms with Crippen molar-refractivity contribution >= 4 is 27.5 Å². The Labute approximate surface area is 155 Å². The average Bonchev–Trinajstić information content (AvgIpc) is 3.05. The number of benzene rings is 1. The van der Waals surface area contributed by atoms with Crippen LogP contribution in [-0.4, -0.2) is 28.5 Å². The summed E-state index contributed by atoms with van der Waals surface area (Å²) in [6.07, 6.45) is 8.46. The number of rotatable bonds is 4. The van der Waals surface area contributed by atoms with Gasteiger partial charge in [-0.05, 0) is 59.7 Å². The Kier molecular flexibility index (Phi) is 3.85. The summed E-state index contributed by atoms with van der Waals surface area (Å²) < 4.78 is 5.96. The minimum atomic E-state index is -0.0667. The number of hydrogen-bond donors (Lipinski definition) is 2. The van der Waals surface area contributed by atoms with E-state index in [9.17, 15) is 9.59 Å². The number of aromatic amines is 1. The van der Waals surface area contributed by atoms with Crippen molar-refractivity contribution in [2.75, 3.05) is 6.61 Å². The number of amides is 1. The summed E-state index contributed by atoms with van der Waals surface area (Å²) in [5.41, 5.74) is 1.14. The van der Waals surface area contributed by atoms with Crippen molar-refractivity contribution in [3.63, 3.8) is 0 Å². The average molecular weight is 363 g/mol. The van der Waals surface area contributed by atoms with Crippen molar-refractivity contribution in [1.82, 2.24) is 15.3 Å². The van der Waals surface area contributed by atoms with E-state index in [1.54, 1.807) is 6.20 Å². The van der Waals surface area contributed by atoms with Gasteiger partial charge in [-0.1, -0.05) is 6.42 Å². The zero-order valence-corrected chi connectivity index (χ0v) is 15.0. The van der Waals surface area contributed by atoms with Gasteiger partial charge in [0.15, 0.2) is 0 Å². The standard InChI is InChI=1S/C21H21N3O3/c25-19-5-4-14(24-19)11-27-21-15-9-16-17(8-13(15)6-7-22-21)20(26)23-10-18(16)12-2-1-3-12/h6-10,12,14H,1-5,11H2,(H,23,26)(H,24,25)/t14-/m0/s1. The number of nitrogens with one attached hydrogen (secondary N) is 2. The highest BCUT2D eigenvalue weighted by molar-refractivity contribution is 6.01. The van der Waals surface area contributed by atoms with E-state index in [1.807, 2.05) is 24.4 Å². The van der Waals surface area contributed by atoms with Gasteiger partial charge in [-0.25, -0.2) is 4.98 Å². The number of carbonyl (C=O) groups excluding carboxylic acids is 1. The molecule has 2 aromatic heterocycles. The van der Waals surface area contributed by atoms with Gasteiger partial charge in [0.2, 0.25) is 11.8 Å². The molecule has 1 aromatic carbocycles. The number of nitrogens with zero attached hydrogens (tertiary/aromatic N) is 1. The molecule has 5 rings (SSSR count). The quantitative estimate of drug-likeness (QED) is 0.698. The van der Waals surface area contributed by atoms with Gasteiger partial charge in [-0.15, -0.1) is 0 Å². The van der Waals surface area contributed by atoms with E-state index in [0.29, 0.717) is 30.2 Å². The maximum Gasteiger partial charge on any atom is 0.255 e. The molecule has 0 spiro atoms. The molecule has 2 N–H and O–H groups in total. The molecule has 3 heterocycles. The Morgan fingerprint density at radius 2 is 2.00 bits per heavy atom. The number of fused-ring (bicyclic) bond motifs is 2. The fraction of sp³-hybridized carbons (Fsp3) is 0.381. The third kappa shape index (κ3) is 2.85. The van der Waals surface area contributed by atoms with Gasteiger partial charge >= 0.3 is 0 Å². The maximum absolute atomic E-state index is 12.4. The summed E-state index contributed by atoms with van der Waals surface area (Å²) in [5, 5.41) is 6.45. The van der Waals surface area contributed by atoms with Crippen LogP contribution in [0.1, 0.15) is 43.6 Å². The molecule has 1 saturated carbocycles. The minimum Gasteiger partial charge on any atom is -0.475 e. The third-order valence-electron chi connectivity index (χ3n) is 5.83. The van der Waals surface area contributed by atoms with Gasteiger partial charge in [0, 0.05) is 29.6 Å². The largest absolute Gasteiger partial charge is 0.475 e. The van der Waals surface area contributed by atoms with E-state index < -0.39 is 0 Å². The lowest BCUT2D eigenvalue weighted by molar-refractivity contribution is -0.119. The highest BCUT2D eigenvalue weighted by Crippen LogP contribution is 2.40. The second-order valence-electron chi connectivity index (χ2n) is 7.55. The number of aromatic nitrogens is 2. The lowest BCUT2D eigenvalue weighted by Gasteiger charge is -2.26. The van der Waals surface area contributed by atoms with Crippen LogP contribution in [0.15, 0.2) is 35.4 Å².